The zero-order chi connectivity index (χ0) is 25.1. The molecule has 1 fully saturated rings. The Labute approximate surface area is 197 Å². The Bertz CT molecular complexity index is 1130. The highest BCUT2D eigenvalue weighted by molar-refractivity contribution is 7.87. The smallest absolute Gasteiger partial charge is 0.416 e. The summed E-state index contributed by atoms with van der Waals surface area (Å²) in [6.45, 7) is 4.18. The van der Waals surface area contributed by atoms with Gasteiger partial charge in [0.1, 0.15) is 4.90 Å². The van der Waals surface area contributed by atoms with Crippen molar-refractivity contribution >= 4 is 16.0 Å². The van der Waals surface area contributed by atoms with E-state index in [1.54, 1.807) is 11.0 Å². The Morgan fingerprint density at radius 2 is 1.85 bits per heavy atom. The van der Waals surface area contributed by atoms with E-state index < -0.39 is 26.8 Å². The van der Waals surface area contributed by atoms with Crippen molar-refractivity contribution in [2.24, 2.45) is 5.92 Å². The summed E-state index contributed by atoms with van der Waals surface area (Å²) in [5.41, 5.74) is -0.486. The second kappa shape index (κ2) is 10.2. The molecular formula is C24H28F3NO5S. The minimum Gasteiger partial charge on any atom is -0.493 e. The summed E-state index contributed by atoms with van der Waals surface area (Å²) in [7, 11) is -3.26. The molecule has 1 aliphatic rings. The van der Waals surface area contributed by atoms with Crippen LogP contribution in [0.5, 0.6) is 11.5 Å². The molecule has 2 aromatic carbocycles. The van der Waals surface area contributed by atoms with Crippen LogP contribution in [0.25, 0.3) is 0 Å². The molecule has 3 rings (SSSR count). The van der Waals surface area contributed by atoms with E-state index in [4.69, 9.17) is 8.92 Å². The van der Waals surface area contributed by atoms with Gasteiger partial charge in [0.15, 0.2) is 11.5 Å². The number of amides is 1. The minimum atomic E-state index is -4.70. The zero-order valence-electron chi connectivity index (χ0n) is 19.3. The summed E-state index contributed by atoms with van der Waals surface area (Å²) in [4.78, 5) is 14.1. The number of carbonyl (C=O) groups is 1. The largest absolute Gasteiger partial charge is 0.493 e. The van der Waals surface area contributed by atoms with Crippen LogP contribution in [0.2, 0.25) is 0 Å². The van der Waals surface area contributed by atoms with Crippen LogP contribution in [0.3, 0.4) is 0 Å². The Hall–Kier alpha value is -2.75. The summed E-state index contributed by atoms with van der Waals surface area (Å²) < 4.78 is 75.0. The van der Waals surface area contributed by atoms with Crippen LogP contribution < -0.4 is 8.92 Å². The van der Waals surface area contributed by atoms with Crippen molar-refractivity contribution in [3.05, 3.63) is 53.6 Å². The standard InChI is InChI=1S/C24H28F3NO5S/c1-4-16(2)28(23(29)18-7-5-8-18)15-17-11-12-21(32-3)22(13-17)33-34(30,31)20-10-6-9-19(14-20)24(25,26)27/h6,9-14,16,18H,4-5,7-8,15H2,1-3H3. The van der Waals surface area contributed by atoms with Crippen molar-refractivity contribution < 1.29 is 35.3 Å². The van der Waals surface area contributed by atoms with Gasteiger partial charge in [0, 0.05) is 18.5 Å². The van der Waals surface area contributed by atoms with Crippen LogP contribution in [0.1, 0.15) is 50.7 Å². The van der Waals surface area contributed by atoms with E-state index in [2.05, 4.69) is 0 Å². The molecule has 0 aromatic heterocycles. The molecule has 1 saturated carbocycles. The Morgan fingerprint density at radius 3 is 2.41 bits per heavy atom. The fourth-order valence-corrected chi connectivity index (χ4v) is 4.62. The van der Waals surface area contributed by atoms with Gasteiger partial charge in [-0.2, -0.15) is 21.6 Å². The molecular weight excluding hydrogens is 471 g/mol. The van der Waals surface area contributed by atoms with Crippen molar-refractivity contribution in [2.45, 2.75) is 63.2 Å². The highest BCUT2D eigenvalue weighted by Gasteiger charge is 2.33. The third-order valence-electron chi connectivity index (χ3n) is 6.09. The summed E-state index contributed by atoms with van der Waals surface area (Å²) in [5, 5.41) is 0. The quantitative estimate of drug-likeness (QED) is 0.432. The molecule has 1 aliphatic carbocycles. The van der Waals surface area contributed by atoms with Crippen molar-refractivity contribution in [3.8, 4) is 11.5 Å². The maximum Gasteiger partial charge on any atom is 0.416 e. The van der Waals surface area contributed by atoms with Gasteiger partial charge in [-0.3, -0.25) is 4.79 Å². The van der Waals surface area contributed by atoms with Crippen molar-refractivity contribution in [1.82, 2.24) is 4.90 Å². The van der Waals surface area contributed by atoms with Crippen molar-refractivity contribution in [1.29, 1.82) is 0 Å². The molecule has 6 nitrogen and oxygen atoms in total. The van der Waals surface area contributed by atoms with Crippen LogP contribution >= 0.6 is 0 Å². The van der Waals surface area contributed by atoms with E-state index >= 15 is 0 Å². The summed E-state index contributed by atoms with van der Waals surface area (Å²) in [5.74, 6) is -0.00274. The van der Waals surface area contributed by atoms with Gasteiger partial charge >= 0.3 is 16.3 Å². The monoisotopic (exact) mass is 499 g/mol. The first-order valence-corrected chi connectivity index (χ1v) is 12.5. The van der Waals surface area contributed by atoms with Gasteiger partial charge in [0.25, 0.3) is 0 Å². The number of hydrogen-bond donors (Lipinski definition) is 0. The third-order valence-corrected chi connectivity index (χ3v) is 7.32. The molecule has 10 heteroatoms. The molecule has 0 bridgehead atoms. The highest BCUT2D eigenvalue weighted by atomic mass is 32.2. The van der Waals surface area contributed by atoms with Crippen LogP contribution in [-0.2, 0) is 27.6 Å². The molecule has 0 N–H and O–H groups in total. The van der Waals surface area contributed by atoms with E-state index in [-0.39, 0.29) is 35.9 Å². The fraction of sp³-hybridized carbons (Fsp3) is 0.458. The summed E-state index contributed by atoms with van der Waals surface area (Å²) in [6, 6.07) is 7.96. The van der Waals surface area contributed by atoms with Gasteiger partial charge in [-0.05, 0) is 62.1 Å². The van der Waals surface area contributed by atoms with Gasteiger partial charge in [-0.15, -0.1) is 0 Å². The number of methoxy groups -OCH3 is 1. The second-order valence-corrected chi connectivity index (χ2v) is 9.95. The van der Waals surface area contributed by atoms with E-state index in [9.17, 15) is 26.4 Å². The average Bonchev–Trinajstić information content (AvgIpc) is 2.75. The molecule has 1 atom stereocenters. The Balaban J connectivity index is 1.89. The molecule has 2 aromatic rings. The second-order valence-electron chi connectivity index (χ2n) is 8.40. The SMILES string of the molecule is CCC(C)N(Cc1ccc(OC)c(OS(=O)(=O)c2cccc(C(F)(F)F)c2)c1)C(=O)C1CCC1. The number of carbonyl (C=O) groups excluding carboxylic acids is 1. The number of halogens is 3. The maximum absolute atomic E-state index is 13.0. The molecule has 186 valence electrons. The lowest BCUT2D eigenvalue weighted by Crippen LogP contribution is -2.43. The number of hydrogen-bond acceptors (Lipinski definition) is 5. The number of nitrogens with zero attached hydrogens (tertiary/aromatic N) is 1. The van der Waals surface area contributed by atoms with Gasteiger partial charge in [-0.25, -0.2) is 0 Å². The average molecular weight is 500 g/mol. The molecule has 0 aliphatic heterocycles. The molecule has 0 saturated heterocycles. The van der Waals surface area contributed by atoms with Crippen LogP contribution in [0.4, 0.5) is 13.2 Å². The van der Waals surface area contributed by atoms with E-state index in [0.29, 0.717) is 11.6 Å². The van der Waals surface area contributed by atoms with E-state index in [1.165, 1.54) is 19.2 Å². The van der Waals surface area contributed by atoms with Crippen molar-refractivity contribution in [2.75, 3.05) is 7.11 Å². The zero-order valence-corrected chi connectivity index (χ0v) is 20.1. The lowest BCUT2D eigenvalue weighted by atomic mass is 9.84. The first-order valence-electron chi connectivity index (χ1n) is 11.1. The summed E-state index contributed by atoms with van der Waals surface area (Å²) >= 11 is 0. The van der Waals surface area contributed by atoms with Crippen molar-refractivity contribution in [3.63, 3.8) is 0 Å². The first kappa shape index (κ1) is 25.9. The normalized spacial score (nSPS) is 15.4. The molecule has 1 amide bonds. The number of benzene rings is 2. The Kier molecular flexibility index (Phi) is 7.80. The number of ether oxygens (including phenoxy) is 1. The van der Waals surface area contributed by atoms with Gasteiger partial charge in [0.2, 0.25) is 5.91 Å². The third kappa shape index (κ3) is 5.84. The number of alkyl halides is 3. The molecule has 1 unspecified atom stereocenters. The van der Waals surface area contributed by atoms with Crippen LogP contribution in [-0.4, -0.2) is 32.4 Å². The molecule has 0 spiro atoms. The van der Waals surface area contributed by atoms with E-state index in [1.807, 2.05) is 13.8 Å². The minimum absolute atomic E-state index is 0.00394. The fourth-order valence-electron chi connectivity index (χ4n) is 3.64. The topological polar surface area (TPSA) is 72.9 Å². The number of rotatable bonds is 9. The molecule has 0 heterocycles. The lowest BCUT2D eigenvalue weighted by molar-refractivity contribution is -0.141. The Morgan fingerprint density at radius 1 is 1.15 bits per heavy atom. The van der Waals surface area contributed by atoms with Gasteiger partial charge < -0.3 is 13.8 Å². The highest BCUT2D eigenvalue weighted by Crippen LogP contribution is 2.35. The first-order chi connectivity index (χ1) is 16.0. The molecule has 34 heavy (non-hydrogen) atoms. The molecule has 0 radical (unpaired) electrons. The van der Waals surface area contributed by atoms with Crippen LogP contribution in [0.15, 0.2) is 47.4 Å². The predicted molar refractivity (Wildman–Crippen MR) is 120 cm³/mol. The van der Waals surface area contributed by atoms with Gasteiger partial charge in [-0.1, -0.05) is 25.5 Å². The van der Waals surface area contributed by atoms with Gasteiger partial charge in [0.05, 0.1) is 12.7 Å². The maximum atomic E-state index is 13.0. The van der Waals surface area contributed by atoms with Crippen LogP contribution in [0, 0.1) is 5.92 Å². The van der Waals surface area contributed by atoms with E-state index in [0.717, 1.165) is 43.9 Å². The predicted octanol–water partition coefficient (Wildman–Crippen LogP) is 5.41. The lowest BCUT2D eigenvalue weighted by Gasteiger charge is -2.35. The summed E-state index contributed by atoms with van der Waals surface area (Å²) in [6.07, 6.45) is -1.20.